The molecule has 0 spiro atoms. The van der Waals surface area contributed by atoms with Crippen LogP contribution >= 0.6 is 11.3 Å². The van der Waals surface area contributed by atoms with Crippen LogP contribution in [0.1, 0.15) is 35.5 Å². The molecule has 4 heterocycles. The van der Waals surface area contributed by atoms with Gasteiger partial charge in [0.15, 0.2) is 0 Å². The van der Waals surface area contributed by atoms with Gasteiger partial charge in [0, 0.05) is 32.3 Å². The highest BCUT2D eigenvalue weighted by atomic mass is 32.1. The van der Waals surface area contributed by atoms with Gasteiger partial charge in [-0.3, -0.25) is 19.5 Å². The highest BCUT2D eigenvalue weighted by molar-refractivity contribution is 7.15. The number of pyridine rings is 1. The molecule has 0 aliphatic carbocycles. The predicted molar refractivity (Wildman–Crippen MR) is 104 cm³/mol. The van der Waals surface area contributed by atoms with Gasteiger partial charge in [-0.25, -0.2) is 0 Å². The first-order valence-corrected chi connectivity index (χ1v) is 10.2. The lowest BCUT2D eigenvalue weighted by Crippen LogP contribution is -2.47. The number of rotatable bonds is 3. The SMILES string of the molecule is Cc1ccc(C2(O)CCN(C(=O)C3CC(=O)N(c4nnc(C)s4)C3)CC2)nc1. The summed E-state index contributed by atoms with van der Waals surface area (Å²) in [5, 5.41) is 20.3. The molecule has 2 amide bonds. The maximum Gasteiger partial charge on any atom is 0.229 e. The number of carbonyl (C=O) groups excluding carboxylic acids is 2. The highest BCUT2D eigenvalue weighted by Crippen LogP contribution is 2.34. The fourth-order valence-electron chi connectivity index (χ4n) is 3.81. The maximum atomic E-state index is 12.9. The first-order valence-electron chi connectivity index (χ1n) is 9.40. The lowest BCUT2D eigenvalue weighted by Gasteiger charge is -2.38. The van der Waals surface area contributed by atoms with Gasteiger partial charge in [0.2, 0.25) is 16.9 Å². The van der Waals surface area contributed by atoms with E-state index in [-0.39, 0.29) is 24.2 Å². The van der Waals surface area contributed by atoms with Crippen molar-refractivity contribution in [2.45, 2.75) is 38.7 Å². The Morgan fingerprint density at radius 2 is 2.00 bits per heavy atom. The van der Waals surface area contributed by atoms with Crippen molar-refractivity contribution in [3.63, 3.8) is 0 Å². The Kier molecular flexibility index (Phi) is 4.88. The van der Waals surface area contributed by atoms with Crippen LogP contribution in [0.3, 0.4) is 0 Å². The molecule has 1 unspecified atom stereocenters. The number of hydrogen-bond donors (Lipinski definition) is 1. The van der Waals surface area contributed by atoms with Crippen LogP contribution in [-0.4, -0.2) is 56.6 Å². The fourth-order valence-corrected chi connectivity index (χ4v) is 4.52. The van der Waals surface area contributed by atoms with E-state index in [9.17, 15) is 14.7 Å². The molecule has 2 fully saturated rings. The van der Waals surface area contributed by atoms with Gasteiger partial charge in [-0.2, -0.15) is 0 Å². The maximum absolute atomic E-state index is 12.9. The number of aromatic nitrogens is 3. The van der Waals surface area contributed by atoms with Crippen LogP contribution in [0.5, 0.6) is 0 Å². The van der Waals surface area contributed by atoms with Crippen molar-refractivity contribution in [3.8, 4) is 0 Å². The van der Waals surface area contributed by atoms with Crippen LogP contribution in [0.25, 0.3) is 0 Å². The summed E-state index contributed by atoms with van der Waals surface area (Å²) in [6.45, 7) is 5.03. The van der Waals surface area contributed by atoms with E-state index in [1.807, 2.05) is 26.0 Å². The molecule has 2 saturated heterocycles. The monoisotopic (exact) mass is 401 g/mol. The molecule has 2 aliphatic heterocycles. The zero-order valence-electron chi connectivity index (χ0n) is 16.0. The predicted octanol–water partition coefficient (Wildman–Crippen LogP) is 1.41. The zero-order valence-corrected chi connectivity index (χ0v) is 16.8. The number of aryl methyl sites for hydroxylation is 2. The Morgan fingerprint density at radius 3 is 2.61 bits per heavy atom. The van der Waals surface area contributed by atoms with Gasteiger partial charge in [0.1, 0.15) is 10.6 Å². The van der Waals surface area contributed by atoms with Crippen molar-refractivity contribution < 1.29 is 14.7 Å². The number of carbonyl (C=O) groups is 2. The number of amides is 2. The minimum absolute atomic E-state index is 0.0315. The van der Waals surface area contributed by atoms with Crippen molar-refractivity contribution in [1.82, 2.24) is 20.1 Å². The van der Waals surface area contributed by atoms with Gasteiger partial charge in [-0.05, 0) is 38.3 Å². The van der Waals surface area contributed by atoms with Crippen molar-refractivity contribution in [2.24, 2.45) is 5.92 Å². The fraction of sp³-hybridized carbons (Fsp3) is 0.526. The third kappa shape index (κ3) is 3.51. The minimum atomic E-state index is -1.01. The number of aliphatic hydroxyl groups is 1. The molecule has 9 heteroatoms. The van der Waals surface area contributed by atoms with E-state index in [0.717, 1.165) is 10.6 Å². The highest BCUT2D eigenvalue weighted by Gasteiger charge is 2.42. The van der Waals surface area contributed by atoms with E-state index < -0.39 is 5.60 Å². The second-order valence-electron chi connectivity index (χ2n) is 7.59. The second kappa shape index (κ2) is 7.21. The summed E-state index contributed by atoms with van der Waals surface area (Å²) in [4.78, 5) is 33.0. The molecule has 2 aromatic heterocycles. The first-order chi connectivity index (χ1) is 13.4. The molecule has 1 N–H and O–H groups in total. The van der Waals surface area contributed by atoms with Crippen LogP contribution < -0.4 is 4.90 Å². The molecule has 0 radical (unpaired) electrons. The Labute approximate surface area is 167 Å². The molecule has 8 nitrogen and oxygen atoms in total. The Bertz CT molecular complexity index is 889. The summed E-state index contributed by atoms with van der Waals surface area (Å²) in [5.41, 5.74) is 0.687. The summed E-state index contributed by atoms with van der Waals surface area (Å²) in [6, 6.07) is 3.79. The van der Waals surface area contributed by atoms with Crippen LogP contribution in [0, 0.1) is 19.8 Å². The Hall–Kier alpha value is -2.39. The third-order valence-electron chi connectivity index (χ3n) is 5.51. The van der Waals surface area contributed by atoms with Crippen molar-refractivity contribution in [1.29, 1.82) is 0 Å². The van der Waals surface area contributed by atoms with Crippen LogP contribution in [0.4, 0.5) is 5.13 Å². The zero-order chi connectivity index (χ0) is 19.9. The topological polar surface area (TPSA) is 99.5 Å². The van der Waals surface area contributed by atoms with E-state index in [0.29, 0.717) is 43.3 Å². The van der Waals surface area contributed by atoms with Crippen molar-refractivity contribution in [3.05, 3.63) is 34.6 Å². The molecule has 0 aromatic carbocycles. The largest absolute Gasteiger partial charge is 0.383 e. The molecule has 4 rings (SSSR count). The summed E-state index contributed by atoms with van der Waals surface area (Å²) in [5.74, 6) is -0.497. The standard InChI is InChI=1S/C19H23N5O3S/c1-12-3-4-15(20-10-12)19(27)5-7-23(8-6-19)17(26)14-9-16(25)24(11-14)18-22-21-13(2)28-18/h3-4,10,14,27H,5-9,11H2,1-2H3. The minimum Gasteiger partial charge on any atom is -0.383 e. The quantitative estimate of drug-likeness (QED) is 0.835. The van der Waals surface area contributed by atoms with Gasteiger partial charge in [0.05, 0.1) is 11.6 Å². The van der Waals surface area contributed by atoms with Gasteiger partial charge in [-0.1, -0.05) is 17.4 Å². The normalized spacial score (nSPS) is 22.0. The Balaban J connectivity index is 1.39. The van der Waals surface area contributed by atoms with E-state index in [4.69, 9.17) is 0 Å². The molecule has 28 heavy (non-hydrogen) atoms. The average Bonchev–Trinajstić information content (AvgIpc) is 3.28. The number of likely N-dealkylation sites (tertiary alicyclic amines) is 1. The summed E-state index contributed by atoms with van der Waals surface area (Å²) >= 11 is 1.35. The first kappa shape index (κ1) is 18.9. The molecule has 2 aliphatic rings. The van der Waals surface area contributed by atoms with E-state index in [1.165, 1.54) is 11.3 Å². The second-order valence-corrected chi connectivity index (χ2v) is 8.75. The lowest BCUT2D eigenvalue weighted by atomic mass is 9.87. The van der Waals surface area contributed by atoms with Gasteiger partial charge in [-0.15, -0.1) is 10.2 Å². The Morgan fingerprint density at radius 1 is 1.25 bits per heavy atom. The van der Waals surface area contributed by atoms with Crippen LogP contribution in [0.2, 0.25) is 0 Å². The van der Waals surface area contributed by atoms with Crippen LogP contribution in [-0.2, 0) is 15.2 Å². The summed E-state index contributed by atoms with van der Waals surface area (Å²) < 4.78 is 0. The number of piperidine rings is 1. The number of hydrogen-bond acceptors (Lipinski definition) is 7. The summed E-state index contributed by atoms with van der Waals surface area (Å²) in [6.07, 6.45) is 2.82. The van der Waals surface area contributed by atoms with Gasteiger partial charge < -0.3 is 10.0 Å². The van der Waals surface area contributed by atoms with E-state index in [1.54, 1.807) is 16.0 Å². The van der Waals surface area contributed by atoms with E-state index in [2.05, 4.69) is 15.2 Å². The lowest BCUT2D eigenvalue weighted by molar-refractivity contribution is -0.140. The van der Waals surface area contributed by atoms with Crippen LogP contribution in [0.15, 0.2) is 18.3 Å². The number of nitrogens with zero attached hydrogens (tertiary/aromatic N) is 5. The molecule has 0 bridgehead atoms. The molecule has 148 valence electrons. The average molecular weight is 401 g/mol. The molecule has 1 atom stereocenters. The molecular weight excluding hydrogens is 378 g/mol. The van der Waals surface area contributed by atoms with E-state index >= 15 is 0 Å². The summed E-state index contributed by atoms with van der Waals surface area (Å²) in [7, 11) is 0. The van der Waals surface area contributed by atoms with Crippen molar-refractivity contribution in [2.75, 3.05) is 24.5 Å². The molecule has 0 saturated carbocycles. The van der Waals surface area contributed by atoms with Gasteiger partial charge >= 0.3 is 0 Å². The third-order valence-corrected chi connectivity index (χ3v) is 6.37. The number of anilines is 1. The van der Waals surface area contributed by atoms with Crippen molar-refractivity contribution >= 4 is 28.3 Å². The van der Waals surface area contributed by atoms with Gasteiger partial charge in [0.25, 0.3) is 0 Å². The molecule has 2 aromatic rings. The smallest absolute Gasteiger partial charge is 0.229 e. The molecular formula is C19H23N5O3S.